The van der Waals surface area contributed by atoms with Crippen LogP contribution in [0.25, 0.3) is 0 Å². The van der Waals surface area contributed by atoms with E-state index in [4.69, 9.17) is 9.47 Å². The van der Waals surface area contributed by atoms with Gasteiger partial charge in [-0.15, -0.1) is 0 Å². The van der Waals surface area contributed by atoms with Crippen molar-refractivity contribution in [3.63, 3.8) is 0 Å². The molecule has 184 valence electrons. The van der Waals surface area contributed by atoms with Gasteiger partial charge in [-0.1, -0.05) is 30.3 Å². The Bertz CT molecular complexity index is 1320. The molecule has 0 aliphatic heterocycles. The van der Waals surface area contributed by atoms with E-state index < -0.39 is 15.9 Å². The molecule has 0 bridgehead atoms. The number of nitrogens with one attached hydrogen (secondary N) is 3. The molecule has 0 spiro atoms. The first-order valence-electron chi connectivity index (χ1n) is 10.7. The molecular formula is C25H27N3O6S. The molecule has 0 atom stereocenters. The maximum atomic E-state index is 12.9. The zero-order chi connectivity index (χ0) is 25.4. The highest BCUT2D eigenvalue weighted by atomic mass is 32.2. The number of benzene rings is 3. The van der Waals surface area contributed by atoms with Gasteiger partial charge in [0.15, 0.2) is 11.5 Å². The largest absolute Gasteiger partial charge is 0.493 e. The molecule has 10 heteroatoms. The van der Waals surface area contributed by atoms with Crippen LogP contribution >= 0.6 is 0 Å². The molecule has 0 unspecified atom stereocenters. The van der Waals surface area contributed by atoms with Gasteiger partial charge in [0, 0.05) is 6.54 Å². The van der Waals surface area contributed by atoms with Crippen molar-refractivity contribution < 1.29 is 27.5 Å². The fourth-order valence-corrected chi connectivity index (χ4v) is 3.98. The molecule has 9 nitrogen and oxygen atoms in total. The number of anilines is 2. The standard InChI is InChI=1S/C25H27N3O6S/c1-33-22-13-12-17(16-23(22)34-2)14-15-26-24(29)18-8-4-6-10-20(18)27-25(30)19-9-5-7-11-21(19)28-35(3,31)32/h4-13,16,28H,14-15H2,1-3H3,(H,26,29)(H,27,30). The summed E-state index contributed by atoms with van der Waals surface area (Å²) in [6.07, 6.45) is 1.56. The van der Waals surface area contributed by atoms with Crippen LogP contribution in [0.1, 0.15) is 26.3 Å². The van der Waals surface area contributed by atoms with Crippen LogP contribution in [0.4, 0.5) is 11.4 Å². The molecule has 3 aromatic carbocycles. The van der Waals surface area contributed by atoms with E-state index in [1.807, 2.05) is 12.1 Å². The fraction of sp³-hybridized carbons (Fsp3) is 0.200. The van der Waals surface area contributed by atoms with Crippen LogP contribution in [-0.2, 0) is 16.4 Å². The Morgan fingerprint density at radius 3 is 2.03 bits per heavy atom. The Kier molecular flexibility index (Phi) is 8.32. The van der Waals surface area contributed by atoms with Gasteiger partial charge >= 0.3 is 0 Å². The maximum Gasteiger partial charge on any atom is 0.257 e. The van der Waals surface area contributed by atoms with Crippen LogP contribution in [0.5, 0.6) is 11.5 Å². The minimum Gasteiger partial charge on any atom is -0.493 e. The van der Waals surface area contributed by atoms with E-state index in [-0.39, 0.29) is 22.7 Å². The Hall–Kier alpha value is -4.05. The lowest BCUT2D eigenvalue weighted by atomic mass is 10.1. The van der Waals surface area contributed by atoms with Crippen LogP contribution in [0.2, 0.25) is 0 Å². The Morgan fingerprint density at radius 1 is 0.800 bits per heavy atom. The highest BCUT2D eigenvalue weighted by Gasteiger charge is 2.17. The lowest BCUT2D eigenvalue weighted by Crippen LogP contribution is -2.27. The van der Waals surface area contributed by atoms with E-state index in [0.717, 1.165) is 11.8 Å². The summed E-state index contributed by atoms with van der Waals surface area (Å²) in [5.41, 5.74) is 1.81. The molecular weight excluding hydrogens is 470 g/mol. The number of carbonyl (C=O) groups excluding carboxylic acids is 2. The molecule has 0 aliphatic rings. The molecule has 0 heterocycles. The maximum absolute atomic E-state index is 12.9. The van der Waals surface area contributed by atoms with Gasteiger partial charge in [-0.3, -0.25) is 14.3 Å². The number of carbonyl (C=O) groups is 2. The molecule has 3 rings (SSSR count). The van der Waals surface area contributed by atoms with Crippen molar-refractivity contribution in [3.8, 4) is 11.5 Å². The summed E-state index contributed by atoms with van der Waals surface area (Å²) >= 11 is 0. The SMILES string of the molecule is COc1ccc(CCNC(=O)c2ccccc2NC(=O)c2ccccc2NS(C)(=O)=O)cc1OC. The average molecular weight is 498 g/mol. The third kappa shape index (κ3) is 6.97. The molecule has 2 amide bonds. The monoisotopic (exact) mass is 497 g/mol. The summed E-state index contributed by atoms with van der Waals surface area (Å²) in [7, 11) is -0.454. The molecule has 0 fully saturated rings. The lowest BCUT2D eigenvalue weighted by molar-refractivity contribution is 0.0955. The summed E-state index contributed by atoms with van der Waals surface area (Å²) in [6, 6.07) is 18.4. The zero-order valence-corrected chi connectivity index (χ0v) is 20.4. The topological polar surface area (TPSA) is 123 Å². The van der Waals surface area contributed by atoms with Crippen LogP contribution in [0.15, 0.2) is 66.7 Å². The number of methoxy groups -OCH3 is 2. The van der Waals surface area contributed by atoms with E-state index in [0.29, 0.717) is 30.2 Å². The zero-order valence-electron chi connectivity index (χ0n) is 19.6. The lowest BCUT2D eigenvalue weighted by Gasteiger charge is -2.14. The van der Waals surface area contributed by atoms with Crippen molar-refractivity contribution in [2.24, 2.45) is 0 Å². The third-order valence-electron chi connectivity index (χ3n) is 5.03. The third-order valence-corrected chi connectivity index (χ3v) is 5.62. The number of hydrogen-bond acceptors (Lipinski definition) is 6. The van der Waals surface area contributed by atoms with Crippen molar-refractivity contribution in [2.75, 3.05) is 37.1 Å². The van der Waals surface area contributed by atoms with E-state index in [2.05, 4.69) is 15.4 Å². The Labute approximate surface area is 204 Å². The summed E-state index contributed by atoms with van der Waals surface area (Å²) in [4.78, 5) is 25.8. The van der Waals surface area contributed by atoms with E-state index in [1.165, 1.54) is 12.1 Å². The van der Waals surface area contributed by atoms with Gasteiger partial charge in [-0.05, 0) is 48.4 Å². The number of amides is 2. The number of sulfonamides is 1. The van der Waals surface area contributed by atoms with Gasteiger partial charge in [-0.2, -0.15) is 0 Å². The van der Waals surface area contributed by atoms with E-state index in [1.54, 1.807) is 56.7 Å². The Morgan fingerprint density at radius 2 is 1.40 bits per heavy atom. The van der Waals surface area contributed by atoms with Gasteiger partial charge in [0.05, 0.1) is 43.0 Å². The normalized spacial score (nSPS) is 10.8. The smallest absolute Gasteiger partial charge is 0.257 e. The molecule has 35 heavy (non-hydrogen) atoms. The van der Waals surface area contributed by atoms with Gasteiger partial charge in [-0.25, -0.2) is 8.42 Å². The van der Waals surface area contributed by atoms with Crippen molar-refractivity contribution in [3.05, 3.63) is 83.4 Å². The predicted molar refractivity (Wildman–Crippen MR) is 135 cm³/mol. The molecule has 0 aromatic heterocycles. The summed E-state index contributed by atoms with van der Waals surface area (Å²) in [5.74, 6) is 0.319. The highest BCUT2D eigenvalue weighted by Crippen LogP contribution is 2.27. The van der Waals surface area contributed by atoms with Crippen LogP contribution in [0, 0.1) is 0 Å². The van der Waals surface area contributed by atoms with E-state index >= 15 is 0 Å². The molecule has 3 N–H and O–H groups in total. The van der Waals surface area contributed by atoms with Crippen molar-refractivity contribution in [1.82, 2.24) is 5.32 Å². The number of hydrogen-bond donors (Lipinski definition) is 3. The average Bonchev–Trinajstić information content (AvgIpc) is 2.83. The van der Waals surface area contributed by atoms with E-state index in [9.17, 15) is 18.0 Å². The molecule has 0 aliphatic carbocycles. The number of rotatable bonds is 10. The van der Waals surface area contributed by atoms with Crippen molar-refractivity contribution >= 4 is 33.2 Å². The quantitative estimate of drug-likeness (QED) is 0.395. The molecule has 0 saturated heterocycles. The van der Waals surface area contributed by atoms with Crippen molar-refractivity contribution in [2.45, 2.75) is 6.42 Å². The van der Waals surface area contributed by atoms with Gasteiger partial charge in [0.25, 0.3) is 11.8 Å². The Balaban J connectivity index is 1.69. The van der Waals surface area contributed by atoms with Gasteiger partial charge in [0.2, 0.25) is 10.0 Å². The summed E-state index contributed by atoms with van der Waals surface area (Å²) in [6.45, 7) is 0.359. The predicted octanol–water partition coefficient (Wildman–Crippen LogP) is 3.30. The van der Waals surface area contributed by atoms with Crippen LogP contribution < -0.4 is 24.8 Å². The van der Waals surface area contributed by atoms with Crippen LogP contribution in [-0.4, -0.2) is 47.3 Å². The molecule has 0 radical (unpaired) electrons. The van der Waals surface area contributed by atoms with Crippen molar-refractivity contribution in [1.29, 1.82) is 0 Å². The second-order valence-electron chi connectivity index (χ2n) is 7.61. The highest BCUT2D eigenvalue weighted by molar-refractivity contribution is 7.92. The first-order chi connectivity index (χ1) is 16.7. The number of para-hydroxylation sites is 2. The molecule has 0 saturated carbocycles. The minimum atomic E-state index is -3.58. The van der Waals surface area contributed by atoms with Gasteiger partial charge < -0.3 is 20.1 Å². The fourth-order valence-electron chi connectivity index (χ4n) is 3.40. The number of ether oxygens (including phenoxy) is 2. The minimum absolute atomic E-state index is 0.126. The summed E-state index contributed by atoms with van der Waals surface area (Å²) in [5, 5.41) is 5.56. The first kappa shape index (κ1) is 25.6. The first-order valence-corrected chi connectivity index (χ1v) is 12.6. The summed E-state index contributed by atoms with van der Waals surface area (Å²) < 4.78 is 36.2. The second kappa shape index (κ2) is 11.4. The van der Waals surface area contributed by atoms with Crippen LogP contribution in [0.3, 0.4) is 0 Å². The van der Waals surface area contributed by atoms with Gasteiger partial charge in [0.1, 0.15) is 0 Å². The second-order valence-corrected chi connectivity index (χ2v) is 9.36. The molecule has 3 aromatic rings.